The highest BCUT2D eigenvalue weighted by molar-refractivity contribution is 5.77. The summed E-state index contributed by atoms with van der Waals surface area (Å²) in [5, 5.41) is 3.00. The molecule has 1 rings (SSSR count). The monoisotopic (exact) mass is 223 g/mol. The van der Waals surface area contributed by atoms with E-state index in [-0.39, 0.29) is 5.82 Å². The summed E-state index contributed by atoms with van der Waals surface area (Å²) < 4.78 is 12.9. The van der Waals surface area contributed by atoms with Crippen LogP contribution in [-0.4, -0.2) is 12.5 Å². The standard InChI is InChI=1S/C12H18FN3/c1-9(2)7-15-12(14)16-8-10-4-3-5-11(13)6-10/h3-6,9H,7-8H2,1-2H3,(H3,14,15,16). The van der Waals surface area contributed by atoms with Crippen molar-refractivity contribution in [1.29, 1.82) is 0 Å². The van der Waals surface area contributed by atoms with E-state index in [0.717, 1.165) is 12.1 Å². The largest absolute Gasteiger partial charge is 0.370 e. The summed E-state index contributed by atoms with van der Waals surface area (Å²) in [6.45, 7) is 5.37. The number of hydrogen-bond acceptors (Lipinski definition) is 1. The molecule has 0 radical (unpaired) electrons. The molecule has 0 fully saturated rings. The Hall–Kier alpha value is -1.58. The highest BCUT2D eigenvalue weighted by atomic mass is 19.1. The van der Waals surface area contributed by atoms with Crippen molar-refractivity contribution in [2.24, 2.45) is 16.6 Å². The number of nitrogens with two attached hydrogens (primary N) is 1. The smallest absolute Gasteiger partial charge is 0.188 e. The van der Waals surface area contributed by atoms with E-state index in [0.29, 0.717) is 18.4 Å². The SMILES string of the molecule is CC(C)CNC(N)=NCc1cccc(F)c1. The molecule has 3 N–H and O–H groups in total. The van der Waals surface area contributed by atoms with Crippen LogP contribution in [0.2, 0.25) is 0 Å². The summed E-state index contributed by atoms with van der Waals surface area (Å²) in [4.78, 5) is 4.12. The van der Waals surface area contributed by atoms with Gasteiger partial charge in [0, 0.05) is 6.54 Å². The van der Waals surface area contributed by atoms with Gasteiger partial charge in [0.15, 0.2) is 5.96 Å². The summed E-state index contributed by atoms with van der Waals surface area (Å²) in [6.07, 6.45) is 0. The lowest BCUT2D eigenvalue weighted by molar-refractivity contribution is 0.620. The molecule has 0 amide bonds. The summed E-state index contributed by atoms with van der Waals surface area (Å²) >= 11 is 0. The summed E-state index contributed by atoms with van der Waals surface area (Å²) in [5.74, 6) is 0.669. The molecule has 0 aromatic heterocycles. The van der Waals surface area contributed by atoms with E-state index < -0.39 is 0 Å². The van der Waals surface area contributed by atoms with Gasteiger partial charge in [-0.1, -0.05) is 26.0 Å². The van der Waals surface area contributed by atoms with E-state index in [9.17, 15) is 4.39 Å². The summed E-state index contributed by atoms with van der Waals surface area (Å²) in [5.41, 5.74) is 6.47. The first kappa shape index (κ1) is 12.5. The Bertz CT molecular complexity index is 361. The van der Waals surface area contributed by atoms with Crippen LogP contribution in [0.4, 0.5) is 4.39 Å². The Labute approximate surface area is 95.6 Å². The molecule has 0 aliphatic heterocycles. The second-order valence-corrected chi connectivity index (χ2v) is 4.11. The molecule has 0 heterocycles. The van der Waals surface area contributed by atoms with Crippen LogP contribution in [0, 0.1) is 11.7 Å². The third-order valence-electron chi connectivity index (χ3n) is 2.01. The fourth-order valence-corrected chi connectivity index (χ4v) is 1.18. The molecule has 0 saturated heterocycles. The number of hydrogen-bond donors (Lipinski definition) is 2. The molecule has 1 aromatic carbocycles. The predicted molar refractivity (Wildman–Crippen MR) is 64.6 cm³/mol. The zero-order valence-corrected chi connectivity index (χ0v) is 9.70. The number of benzene rings is 1. The lowest BCUT2D eigenvalue weighted by Gasteiger charge is -2.07. The molecule has 0 bridgehead atoms. The third kappa shape index (κ3) is 4.77. The zero-order chi connectivity index (χ0) is 12.0. The Kier molecular flexibility index (Phi) is 4.76. The molecule has 16 heavy (non-hydrogen) atoms. The van der Waals surface area contributed by atoms with Gasteiger partial charge in [-0.15, -0.1) is 0 Å². The second kappa shape index (κ2) is 6.10. The summed E-state index contributed by atoms with van der Waals surface area (Å²) in [6, 6.07) is 6.35. The van der Waals surface area contributed by atoms with Crippen molar-refractivity contribution in [3.05, 3.63) is 35.6 Å². The van der Waals surface area contributed by atoms with E-state index in [4.69, 9.17) is 5.73 Å². The van der Waals surface area contributed by atoms with Gasteiger partial charge in [0.05, 0.1) is 6.54 Å². The molecule has 1 aromatic rings. The van der Waals surface area contributed by atoms with Crippen molar-refractivity contribution < 1.29 is 4.39 Å². The first-order valence-corrected chi connectivity index (χ1v) is 5.36. The van der Waals surface area contributed by atoms with Gasteiger partial charge in [-0.05, 0) is 23.6 Å². The number of halogens is 1. The minimum Gasteiger partial charge on any atom is -0.370 e. The average Bonchev–Trinajstić information content (AvgIpc) is 2.23. The van der Waals surface area contributed by atoms with E-state index in [1.807, 2.05) is 6.07 Å². The van der Waals surface area contributed by atoms with Crippen molar-refractivity contribution in [2.45, 2.75) is 20.4 Å². The van der Waals surface area contributed by atoms with Crippen LogP contribution in [-0.2, 0) is 6.54 Å². The quantitative estimate of drug-likeness (QED) is 0.605. The average molecular weight is 223 g/mol. The lowest BCUT2D eigenvalue weighted by atomic mass is 10.2. The molecule has 0 aliphatic rings. The van der Waals surface area contributed by atoms with Gasteiger partial charge in [0.2, 0.25) is 0 Å². The van der Waals surface area contributed by atoms with Crippen molar-refractivity contribution in [3.63, 3.8) is 0 Å². The number of aliphatic imine (C=N–C) groups is 1. The normalized spacial score (nSPS) is 11.9. The predicted octanol–water partition coefficient (Wildman–Crippen LogP) is 1.89. The molecule has 88 valence electrons. The van der Waals surface area contributed by atoms with Crippen molar-refractivity contribution in [3.8, 4) is 0 Å². The number of nitrogens with one attached hydrogen (secondary N) is 1. The number of nitrogens with zero attached hydrogens (tertiary/aromatic N) is 1. The van der Waals surface area contributed by atoms with Gasteiger partial charge in [0.1, 0.15) is 5.82 Å². The van der Waals surface area contributed by atoms with Gasteiger partial charge in [0.25, 0.3) is 0 Å². The van der Waals surface area contributed by atoms with Crippen LogP contribution in [0.5, 0.6) is 0 Å². The van der Waals surface area contributed by atoms with Gasteiger partial charge in [-0.25, -0.2) is 9.38 Å². The Morgan fingerprint density at radius 1 is 1.50 bits per heavy atom. The molecular weight excluding hydrogens is 205 g/mol. The summed E-state index contributed by atoms with van der Waals surface area (Å²) in [7, 11) is 0. The fourth-order valence-electron chi connectivity index (χ4n) is 1.18. The lowest BCUT2D eigenvalue weighted by Crippen LogP contribution is -2.34. The zero-order valence-electron chi connectivity index (χ0n) is 9.70. The Balaban J connectivity index is 2.46. The first-order valence-electron chi connectivity index (χ1n) is 5.36. The van der Waals surface area contributed by atoms with Crippen molar-refractivity contribution in [2.75, 3.05) is 6.54 Å². The Morgan fingerprint density at radius 2 is 2.25 bits per heavy atom. The second-order valence-electron chi connectivity index (χ2n) is 4.11. The van der Waals surface area contributed by atoms with Crippen LogP contribution in [0.25, 0.3) is 0 Å². The molecule has 4 heteroatoms. The van der Waals surface area contributed by atoms with Crippen molar-refractivity contribution in [1.82, 2.24) is 5.32 Å². The van der Waals surface area contributed by atoms with E-state index in [1.165, 1.54) is 12.1 Å². The van der Waals surface area contributed by atoms with E-state index >= 15 is 0 Å². The van der Waals surface area contributed by atoms with E-state index in [2.05, 4.69) is 24.2 Å². The Morgan fingerprint density at radius 3 is 2.88 bits per heavy atom. The molecule has 0 spiro atoms. The number of guanidine groups is 1. The maximum absolute atomic E-state index is 12.9. The van der Waals surface area contributed by atoms with Crippen LogP contribution in [0.1, 0.15) is 19.4 Å². The molecule has 0 aliphatic carbocycles. The van der Waals surface area contributed by atoms with Crippen LogP contribution in [0.15, 0.2) is 29.3 Å². The van der Waals surface area contributed by atoms with Crippen LogP contribution in [0.3, 0.4) is 0 Å². The van der Waals surface area contributed by atoms with E-state index in [1.54, 1.807) is 6.07 Å². The molecule has 0 saturated carbocycles. The maximum Gasteiger partial charge on any atom is 0.188 e. The molecular formula is C12H18FN3. The van der Waals surface area contributed by atoms with Crippen LogP contribution < -0.4 is 11.1 Å². The minimum absolute atomic E-state index is 0.249. The minimum atomic E-state index is -0.249. The van der Waals surface area contributed by atoms with Gasteiger partial charge in [-0.3, -0.25) is 0 Å². The third-order valence-corrected chi connectivity index (χ3v) is 2.01. The van der Waals surface area contributed by atoms with Crippen molar-refractivity contribution >= 4 is 5.96 Å². The van der Waals surface area contributed by atoms with Gasteiger partial charge >= 0.3 is 0 Å². The first-order chi connectivity index (χ1) is 7.58. The maximum atomic E-state index is 12.9. The van der Waals surface area contributed by atoms with Crippen LogP contribution >= 0.6 is 0 Å². The topological polar surface area (TPSA) is 50.4 Å². The number of rotatable bonds is 4. The highest BCUT2D eigenvalue weighted by Gasteiger charge is 1.96. The van der Waals surface area contributed by atoms with Gasteiger partial charge < -0.3 is 11.1 Å². The molecule has 0 atom stereocenters. The molecule has 0 unspecified atom stereocenters. The highest BCUT2D eigenvalue weighted by Crippen LogP contribution is 2.04. The fraction of sp³-hybridized carbons (Fsp3) is 0.417. The van der Waals surface area contributed by atoms with Gasteiger partial charge in [-0.2, -0.15) is 0 Å². The molecule has 3 nitrogen and oxygen atoms in total.